The number of nitrogen functional groups attached to an aromatic ring is 1. The van der Waals surface area contributed by atoms with E-state index in [1.807, 2.05) is 0 Å². The highest BCUT2D eigenvalue weighted by molar-refractivity contribution is 6.44. The van der Waals surface area contributed by atoms with Crippen LogP contribution in [0.25, 0.3) is 11.2 Å². The average molecular weight is 264 g/mol. The van der Waals surface area contributed by atoms with E-state index in [0.29, 0.717) is 0 Å². The molecule has 0 aliphatic rings. The lowest BCUT2D eigenvalue weighted by Crippen LogP contribution is -2.27. The molecule has 10 heteroatoms. The van der Waals surface area contributed by atoms with Crippen LogP contribution >= 0.6 is 0 Å². The molecule has 2 aromatic rings. The third-order valence-corrected chi connectivity index (χ3v) is 2.24. The van der Waals surface area contributed by atoms with Gasteiger partial charge in [0.1, 0.15) is 0 Å². The molecule has 0 atom stereocenters. The van der Waals surface area contributed by atoms with Crippen molar-refractivity contribution in [2.75, 3.05) is 5.73 Å². The Bertz CT molecular complexity index is 818. The van der Waals surface area contributed by atoms with Gasteiger partial charge >= 0.3 is 0 Å². The van der Waals surface area contributed by atoms with Crippen molar-refractivity contribution < 1.29 is 10.0 Å². The molecule has 0 aliphatic carbocycles. The number of anilines is 1. The number of oxime groups is 1. The zero-order chi connectivity index (χ0) is 14.2. The van der Waals surface area contributed by atoms with Crippen LogP contribution in [0.15, 0.2) is 14.7 Å². The first-order valence-electron chi connectivity index (χ1n) is 4.97. The lowest BCUT2D eigenvalue weighted by molar-refractivity contribution is -0.111. The summed E-state index contributed by atoms with van der Waals surface area (Å²) in [6.07, 6.45) is 0. The SMILES string of the molecule is CC(=O)/C(=N\O)c1nc2c(=O)[nH]c(N)nc2[nH]c1=O. The van der Waals surface area contributed by atoms with E-state index in [1.54, 1.807) is 0 Å². The Morgan fingerprint density at radius 2 is 1.95 bits per heavy atom. The van der Waals surface area contributed by atoms with E-state index in [4.69, 9.17) is 10.9 Å². The van der Waals surface area contributed by atoms with Gasteiger partial charge in [-0.15, -0.1) is 0 Å². The number of H-pyrrole nitrogens is 2. The molecule has 0 radical (unpaired) electrons. The Labute approximate surface area is 104 Å². The molecule has 0 saturated carbocycles. The summed E-state index contributed by atoms with van der Waals surface area (Å²) >= 11 is 0. The fourth-order valence-corrected chi connectivity index (χ4v) is 1.45. The quantitative estimate of drug-likeness (QED) is 0.286. The number of nitrogens with zero attached hydrogens (tertiary/aromatic N) is 3. The molecule has 0 bridgehead atoms. The average Bonchev–Trinajstić information content (AvgIpc) is 2.30. The number of hydrogen-bond donors (Lipinski definition) is 4. The molecule has 2 aromatic heterocycles. The standard InChI is InChI=1S/C9H8N6O4/c1-2(16)3(15-19)4-7(17)12-6-5(11-4)8(18)14-9(10)13-6/h19H,1H3,(H4,10,12,13,14,17,18)/b15-3+. The Morgan fingerprint density at radius 3 is 2.53 bits per heavy atom. The van der Waals surface area contributed by atoms with Gasteiger partial charge in [0.2, 0.25) is 5.95 Å². The number of fused-ring (bicyclic) bond motifs is 1. The third kappa shape index (κ3) is 2.06. The van der Waals surface area contributed by atoms with E-state index in [-0.39, 0.29) is 17.1 Å². The van der Waals surface area contributed by atoms with E-state index in [0.717, 1.165) is 6.92 Å². The number of aromatic nitrogens is 4. The maximum absolute atomic E-state index is 11.7. The van der Waals surface area contributed by atoms with E-state index in [1.165, 1.54) is 0 Å². The second-order valence-electron chi connectivity index (χ2n) is 3.57. The van der Waals surface area contributed by atoms with Crippen LogP contribution in [-0.4, -0.2) is 36.6 Å². The Kier molecular flexibility index (Phi) is 2.83. The predicted octanol–water partition coefficient (Wildman–Crippen LogP) is -1.64. The molecular weight excluding hydrogens is 256 g/mol. The van der Waals surface area contributed by atoms with Gasteiger partial charge in [0, 0.05) is 6.92 Å². The van der Waals surface area contributed by atoms with Crippen LogP contribution in [-0.2, 0) is 4.79 Å². The van der Waals surface area contributed by atoms with Crippen LogP contribution in [0.4, 0.5) is 5.95 Å². The largest absolute Gasteiger partial charge is 0.410 e. The minimum atomic E-state index is -0.826. The summed E-state index contributed by atoms with van der Waals surface area (Å²) in [5, 5.41) is 11.4. The molecule has 10 nitrogen and oxygen atoms in total. The third-order valence-electron chi connectivity index (χ3n) is 2.24. The fourth-order valence-electron chi connectivity index (χ4n) is 1.45. The maximum Gasteiger partial charge on any atom is 0.280 e. The summed E-state index contributed by atoms with van der Waals surface area (Å²) in [5.41, 5.74) is 2.41. The van der Waals surface area contributed by atoms with Crippen LogP contribution in [0.5, 0.6) is 0 Å². The molecule has 2 rings (SSSR count). The van der Waals surface area contributed by atoms with Crippen molar-refractivity contribution >= 4 is 28.6 Å². The van der Waals surface area contributed by atoms with Crippen LogP contribution in [0.2, 0.25) is 0 Å². The van der Waals surface area contributed by atoms with Crippen molar-refractivity contribution in [3.05, 3.63) is 26.4 Å². The maximum atomic E-state index is 11.7. The van der Waals surface area contributed by atoms with Gasteiger partial charge in [-0.2, -0.15) is 4.98 Å². The summed E-state index contributed by atoms with van der Waals surface area (Å²) in [5.74, 6) is -0.870. The number of nitrogens with one attached hydrogen (secondary N) is 2. The molecular formula is C9H8N6O4. The van der Waals surface area contributed by atoms with Crippen LogP contribution in [0, 0.1) is 0 Å². The highest BCUT2D eigenvalue weighted by Gasteiger charge is 2.18. The van der Waals surface area contributed by atoms with Gasteiger partial charge in [0.05, 0.1) is 0 Å². The van der Waals surface area contributed by atoms with E-state index >= 15 is 0 Å². The lowest BCUT2D eigenvalue weighted by Gasteiger charge is -2.01. The van der Waals surface area contributed by atoms with Gasteiger partial charge in [0.15, 0.2) is 28.4 Å². The molecule has 0 aromatic carbocycles. The number of rotatable bonds is 2. The van der Waals surface area contributed by atoms with Gasteiger partial charge in [-0.1, -0.05) is 5.16 Å². The molecule has 0 aliphatic heterocycles. The number of ketones is 1. The summed E-state index contributed by atoms with van der Waals surface area (Å²) in [7, 11) is 0. The highest BCUT2D eigenvalue weighted by Crippen LogP contribution is 2.01. The van der Waals surface area contributed by atoms with Crippen molar-refractivity contribution in [1.82, 2.24) is 19.9 Å². The van der Waals surface area contributed by atoms with Crippen molar-refractivity contribution in [2.45, 2.75) is 6.92 Å². The Hall–Kier alpha value is -3.04. The predicted molar refractivity (Wildman–Crippen MR) is 64.2 cm³/mol. The molecule has 0 unspecified atom stereocenters. The summed E-state index contributed by atoms with van der Waals surface area (Å²) < 4.78 is 0. The van der Waals surface area contributed by atoms with E-state index in [2.05, 4.69) is 25.1 Å². The number of hydrogen-bond acceptors (Lipinski definition) is 8. The molecule has 0 fully saturated rings. The Balaban J connectivity index is 2.87. The minimum Gasteiger partial charge on any atom is -0.410 e. The van der Waals surface area contributed by atoms with Crippen molar-refractivity contribution in [2.24, 2.45) is 5.16 Å². The first-order valence-corrected chi connectivity index (χ1v) is 4.97. The second-order valence-corrected chi connectivity index (χ2v) is 3.57. The first kappa shape index (κ1) is 12.4. The number of nitrogens with two attached hydrogens (primary N) is 1. The van der Waals surface area contributed by atoms with E-state index < -0.39 is 28.3 Å². The van der Waals surface area contributed by atoms with Gasteiger partial charge in [-0.25, -0.2) is 4.98 Å². The molecule has 2 heterocycles. The lowest BCUT2D eigenvalue weighted by atomic mass is 10.2. The minimum absolute atomic E-state index is 0.129. The fraction of sp³-hybridized carbons (Fsp3) is 0.111. The first-order chi connectivity index (χ1) is 8.93. The smallest absolute Gasteiger partial charge is 0.280 e. The molecule has 5 N–H and O–H groups in total. The van der Waals surface area contributed by atoms with Crippen LogP contribution in [0.3, 0.4) is 0 Å². The topological polar surface area (TPSA) is 167 Å². The zero-order valence-corrected chi connectivity index (χ0v) is 9.59. The molecule has 19 heavy (non-hydrogen) atoms. The molecule has 0 saturated heterocycles. The zero-order valence-electron chi connectivity index (χ0n) is 9.59. The highest BCUT2D eigenvalue weighted by atomic mass is 16.4. The van der Waals surface area contributed by atoms with Crippen LogP contribution in [0.1, 0.15) is 12.6 Å². The summed E-state index contributed by atoms with van der Waals surface area (Å²) in [6, 6.07) is 0. The number of carbonyl (C=O) groups excluding carboxylic acids is 1. The van der Waals surface area contributed by atoms with Gasteiger partial charge < -0.3 is 15.9 Å². The van der Waals surface area contributed by atoms with Crippen LogP contribution < -0.4 is 16.9 Å². The normalized spacial score (nSPS) is 11.7. The number of carbonyl (C=O) groups is 1. The molecule has 0 amide bonds. The van der Waals surface area contributed by atoms with Crippen molar-refractivity contribution in [1.29, 1.82) is 0 Å². The van der Waals surface area contributed by atoms with Gasteiger partial charge in [0.25, 0.3) is 11.1 Å². The molecule has 98 valence electrons. The number of aromatic amines is 2. The van der Waals surface area contributed by atoms with E-state index in [9.17, 15) is 14.4 Å². The van der Waals surface area contributed by atoms with Crippen molar-refractivity contribution in [3.63, 3.8) is 0 Å². The summed E-state index contributed by atoms with van der Waals surface area (Å²) in [4.78, 5) is 46.3. The number of Topliss-reactive ketones (excluding diaryl/α,β-unsaturated/α-hetero) is 1. The Morgan fingerprint density at radius 1 is 1.26 bits per heavy atom. The second kappa shape index (κ2) is 4.33. The van der Waals surface area contributed by atoms with Gasteiger partial charge in [-0.05, 0) is 0 Å². The monoisotopic (exact) mass is 264 g/mol. The summed E-state index contributed by atoms with van der Waals surface area (Å²) in [6.45, 7) is 1.09. The van der Waals surface area contributed by atoms with Gasteiger partial charge in [-0.3, -0.25) is 19.4 Å². The van der Waals surface area contributed by atoms with Crippen molar-refractivity contribution in [3.8, 4) is 0 Å². The molecule has 0 spiro atoms.